The number of hydrogen-bond acceptors (Lipinski definition) is 4. The molecule has 3 fully saturated rings. The Bertz CT molecular complexity index is 853. The monoisotopic (exact) mass is 741 g/mol. The molecule has 0 saturated heterocycles. The topological polar surface area (TPSA) is 52.6 Å². The fourth-order valence-corrected chi connectivity index (χ4v) is 20.2. The van der Waals surface area contributed by atoms with Crippen LogP contribution in [-0.2, 0) is 18.8 Å². The summed E-state index contributed by atoms with van der Waals surface area (Å²) < 4.78 is 11.5. The Labute approximate surface area is 311 Å². The number of halogens is 1. The normalized spacial score (nSPS) is 19.4. The molecule has 0 aromatic carbocycles. The van der Waals surface area contributed by atoms with Crippen molar-refractivity contribution in [1.82, 2.24) is 0 Å². The van der Waals surface area contributed by atoms with E-state index in [9.17, 15) is 9.59 Å². The summed E-state index contributed by atoms with van der Waals surface area (Å²) in [4.78, 5) is 25.8. The van der Waals surface area contributed by atoms with Gasteiger partial charge in [-0.1, -0.05) is 90.7 Å². The predicted octanol–water partition coefficient (Wildman–Crippen LogP) is 10.2. The lowest BCUT2D eigenvalue weighted by Crippen LogP contribution is -3.00. The molecule has 4 nitrogen and oxygen atoms in total. The van der Waals surface area contributed by atoms with E-state index >= 15 is 0 Å². The number of unbranched alkanes of at least 4 members (excludes halogenated alkanes) is 8. The van der Waals surface area contributed by atoms with Gasteiger partial charge in [0.15, 0.2) is 0 Å². The van der Waals surface area contributed by atoms with E-state index in [1.165, 1.54) is 148 Å². The van der Waals surface area contributed by atoms with Gasteiger partial charge in [0.2, 0.25) is 0 Å². The number of methoxy groups -OCH3 is 1. The highest BCUT2D eigenvalue weighted by Crippen LogP contribution is 2.78. The maximum Gasteiger partial charge on any atom is 0.305 e. The molecule has 0 spiro atoms. The minimum Gasteiger partial charge on any atom is -1.00 e. The van der Waals surface area contributed by atoms with Crippen LogP contribution in [0, 0.1) is 5.92 Å². The first-order chi connectivity index (χ1) is 23.4. The third-order valence-electron chi connectivity index (χ3n) is 13.2. The first-order valence-corrected chi connectivity index (χ1v) is 26.0. The summed E-state index contributed by atoms with van der Waals surface area (Å²) in [5, 5.41) is 0. The molecule has 49 heavy (non-hydrogen) atoms. The van der Waals surface area contributed by atoms with Gasteiger partial charge in [-0.2, -0.15) is 0 Å². The van der Waals surface area contributed by atoms with Gasteiger partial charge < -0.3 is 21.6 Å². The number of esters is 1. The van der Waals surface area contributed by atoms with E-state index in [-0.39, 0.29) is 30.3 Å². The molecule has 0 bridgehead atoms. The lowest BCUT2D eigenvalue weighted by molar-refractivity contribution is -0.141. The highest BCUT2D eigenvalue weighted by atomic mass is 35.5. The van der Waals surface area contributed by atoms with Gasteiger partial charge in [-0.3, -0.25) is 9.59 Å². The summed E-state index contributed by atoms with van der Waals surface area (Å²) in [5.74, 6) is 0.189. The number of allylic oxidation sites excluding steroid dienone is 2. The SMILES string of the molecule is CC[Si](CC)(CC)OC(=O)C(C/C=C/CCCCCCCCCCC(=O)OC)C[P+](C1CCCCC1)(C1CCCCC1)C1CCCCC1.[Cl-]. The van der Waals surface area contributed by atoms with Crippen LogP contribution in [0.4, 0.5) is 0 Å². The lowest BCUT2D eigenvalue weighted by Gasteiger charge is -2.50. The minimum absolute atomic E-state index is 0. The van der Waals surface area contributed by atoms with Crippen molar-refractivity contribution >= 4 is 27.5 Å². The molecule has 1 unspecified atom stereocenters. The molecule has 0 amide bonds. The largest absolute Gasteiger partial charge is 1.00 e. The molecule has 286 valence electrons. The summed E-state index contributed by atoms with van der Waals surface area (Å²) in [5.41, 5.74) is 2.74. The van der Waals surface area contributed by atoms with E-state index in [0.29, 0.717) is 6.42 Å². The second kappa shape index (κ2) is 25.6. The Morgan fingerprint density at radius 2 is 1.08 bits per heavy atom. The first kappa shape index (κ1) is 44.8. The van der Waals surface area contributed by atoms with Crippen molar-refractivity contribution in [3.63, 3.8) is 0 Å². The average Bonchev–Trinajstić information content (AvgIpc) is 3.14. The van der Waals surface area contributed by atoms with Crippen LogP contribution in [0.2, 0.25) is 18.1 Å². The molecule has 0 aliphatic heterocycles. The molecule has 3 aliphatic carbocycles. The molecule has 0 radical (unpaired) electrons. The van der Waals surface area contributed by atoms with Crippen molar-refractivity contribution in [2.75, 3.05) is 13.3 Å². The van der Waals surface area contributed by atoms with E-state index in [4.69, 9.17) is 9.16 Å². The Balaban J connectivity index is 0.00000833. The van der Waals surface area contributed by atoms with Gasteiger partial charge in [0, 0.05) is 13.7 Å². The standard InChI is InChI=1S/C42H78O4PSi.ClH/c1-5-48(6-2,7-3)46-42(44)37(28-20-15-13-11-9-8-10-12-14-16-27-35-41(43)45-4)36-47(38-29-21-17-22-30-38,39-31-23-18-24-32-39)40-33-25-19-26-34-40;/h15,20,37-40H,5-14,16-19,21-36H2,1-4H3;1H/q+1;/p-1/b20-15+;. The predicted molar refractivity (Wildman–Crippen MR) is 211 cm³/mol. The van der Waals surface area contributed by atoms with Crippen molar-refractivity contribution in [3.8, 4) is 0 Å². The van der Waals surface area contributed by atoms with Gasteiger partial charge in [0.1, 0.15) is 0 Å². The van der Waals surface area contributed by atoms with Crippen LogP contribution < -0.4 is 12.4 Å². The van der Waals surface area contributed by atoms with Crippen molar-refractivity contribution in [2.24, 2.45) is 5.92 Å². The molecule has 3 aliphatic rings. The summed E-state index contributed by atoms with van der Waals surface area (Å²) in [6.07, 6.45) is 39.8. The summed E-state index contributed by atoms with van der Waals surface area (Å²) in [6, 6.07) is 3.15. The zero-order valence-corrected chi connectivity index (χ0v) is 35.3. The van der Waals surface area contributed by atoms with E-state index < -0.39 is 15.6 Å². The second-order valence-corrected chi connectivity index (χ2v) is 25.3. The maximum absolute atomic E-state index is 14.5. The van der Waals surface area contributed by atoms with Crippen molar-refractivity contribution in [1.29, 1.82) is 0 Å². The fourth-order valence-electron chi connectivity index (χ4n) is 9.99. The molecule has 0 aromatic rings. The smallest absolute Gasteiger partial charge is 0.305 e. The number of rotatable bonds is 23. The first-order valence-electron chi connectivity index (χ1n) is 21.3. The van der Waals surface area contributed by atoms with Crippen molar-refractivity contribution < 1.29 is 31.2 Å². The zero-order valence-electron chi connectivity index (χ0n) is 32.6. The zero-order chi connectivity index (χ0) is 34.5. The van der Waals surface area contributed by atoms with Gasteiger partial charge in [0.25, 0.3) is 14.3 Å². The molecule has 3 saturated carbocycles. The van der Waals surface area contributed by atoms with Crippen LogP contribution in [0.15, 0.2) is 12.2 Å². The maximum atomic E-state index is 14.5. The fraction of sp³-hybridized carbons (Fsp3) is 0.905. The number of hydrogen-bond donors (Lipinski definition) is 0. The van der Waals surface area contributed by atoms with Crippen LogP contribution in [0.5, 0.6) is 0 Å². The third-order valence-corrected chi connectivity index (χ3v) is 24.4. The number of ether oxygens (including phenoxy) is 1. The van der Waals surface area contributed by atoms with E-state index in [1.54, 1.807) is 0 Å². The van der Waals surface area contributed by atoms with E-state index in [2.05, 4.69) is 32.9 Å². The average molecular weight is 742 g/mol. The Kier molecular flexibility index (Phi) is 23.4. The molecular weight excluding hydrogens is 663 g/mol. The molecule has 1 atom stereocenters. The number of carbonyl (C=O) groups excluding carboxylic acids is 2. The third kappa shape index (κ3) is 14.5. The van der Waals surface area contributed by atoms with E-state index in [0.717, 1.165) is 60.8 Å². The Hall–Kier alpha value is -0.383. The summed E-state index contributed by atoms with van der Waals surface area (Å²) in [7, 11) is -1.89. The Morgan fingerprint density at radius 1 is 0.653 bits per heavy atom. The van der Waals surface area contributed by atoms with Crippen LogP contribution in [0.3, 0.4) is 0 Å². The molecule has 0 N–H and O–H groups in total. The minimum atomic E-state index is -2.01. The van der Waals surface area contributed by atoms with Gasteiger partial charge in [0.05, 0.1) is 36.2 Å². The number of carbonyl (C=O) groups is 2. The van der Waals surface area contributed by atoms with Crippen LogP contribution in [-0.4, -0.2) is 50.5 Å². The highest BCUT2D eigenvalue weighted by molar-refractivity contribution is 7.78. The van der Waals surface area contributed by atoms with Crippen molar-refractivity contribution in [3.05, 3.63) is 12.2 Å². The molecular formula is C42H78ClO4PSi. The van der Waals surface area contributed by atoms with Gasteiger partial charge >= 0.3 is 5.97 Å². The quantitative estimate of drug-likeness (QED) is 0.0344. The molecule has 0 aromatic heterocycles. The lowest BCUT2D eigenvalue weighted by atomic mass is 9.98. The molecule has 0 heterocycles. The van der Waals surface area contributed by atoms with Gasteiger partial charge in [-0.05, 0) is 121 Å². The molecule has 7 heteroatoms. The van der Waals surface area contributed by atoms with Crippen LogP contribution >= 0.6 is 7.26 Å². The van der Waals surface area contributed by atoms with Crippen LogP contribution in [0.1, 0.15) is 188 Å². The van der Waals surface area contributed by atoms with Crippen molar-refractivity contribution in [2.45, 2.75) is 223 Å². The second-order valence-electron chi connectivity index (χ2n) is 16.1. The molecule has 3 rings (SSSR count). The summed E-state index contributed by atoms with van der Waals surface area (Å²) >= 11 is 0. The van der Waals surface area contributed by atoms with Crippen LogP contribution in [0.25, 0.3) is 0 Å². The Morgan fingerprint density at radius 3 is 1.51 bits per heavy atom. The van der Waals surface area contributed by atoms with Gasteiger partial charge in [-0.15, -0.1) is 0 Å². The highest BCUT2D eigenvalue weighted by Gasteiger charge is 2.58. The van der Waals surface area contributed by atoms with E-state index in [1.807, 2.05) is 0 Å². The van der Waals surface area contributed by atoms with Gasteiger partial charge in [-0.25, -0.2) is 0 Å². The summed E-state index contributed by atoms with van der Waals surface area (Å²) in [6.45, 7) is 6.82.